The summed E-state index contributed by atoms with van der Waals surface area (Å²) < 4.78 is 28.0. The van der Waals surface area contributed by atoms with E-state index in [0.29, 0.717) is 22.9 Å². The molecule has 1 aliphatic rings. The minimum atomic E-state index is -3.68. The minimum absolute atomic E-state index is 0.0466. The van der Waals surface area contributed by atoms with Crippen molar-refractivity contribution >= 4 is 49.2 Å². The van der Waals surface area contributed by atoms with E-state index in [4.69, 9.17) is 23.2 Å². The van der Waals surface area contributed by atoms with Crippen LogP contribution in [-0.4, -0.2) is 15.0 Å². The van der Waals surface area contributed by atoms with Crippen molar-refractivity contribution in [1.82, 2.24) is 4.72 Å². The zero-order chi connectivity index (χ0) is 14.9. The third-order valence-corrected chi connectivity index (χ3v) is 6.61. The molecule has 20 heavy (non-hydrogen) atoms. The first-order valence-corrected chi connectivity index (χ1v) is 9.48. The number of sulfonamides is 1. The van der Waals surface area contributed by atoms with Crippen LogP contribution >= 0.6 is 39.1 Å². The standard InChI is InChI=1S/C13H16BrCl2NO2S/c1-8-3-2-4-9(8)7-17-20(18,19)13-11(15)5-10(14)6-12(13)16/h5-6,8-9,17H,2-4,7H2,1H3. The van der Waals surface area contributed by atoms with Gasteiger partial charge in [-0.3, -0.25) is 0 Å². The molecule has 3 nitrogen and oxygen atoms in total. The minimum Gasteiger partial charge on any atom is -0.211 e. The fourth-order valence-electron chi connectivity index (χ4n) is 2.60. The second-order valence-corrected chi connectivity index (χ2v) is 8.65. The largest absolute Gasteiger partial charge is 0.243 e. The summed E-state index contributed by atoms with van der Waals surface area (Å²) >= 11 is 15.3. The fraction of sp³-hybridized carbons (Fsp3) is 0.538. The Kier molecular flexibility index (Phi) is 5.40. The van der Waals surface area contributed by atoms with Crippen molar-refractivity contribution in [3.63, 3.8) is 0 Å². The quantitative estimate of drug-likeness (QED) is 0.810. The monoisotopic (exact) mass is 399 g/mol. The van der Waals surface area contributed by atoms with E-state index in [0.717, 1.165) is 19.3 Å². The molecule has 112 valence electrons. The second kappa shape index (κ2) is 6.53. The Balaban J connectivity index is 2.18. The Morgan fingerprint density at radius 2 is 1.90 bits per heavy atom. The summed E-state index contributed by atoms with van der Waals surface area (Å²) in [5, 5.41) is 0.243. The molecule has 1 fully saturated rings. The van der Waals surface area contributed by atoms with Gasteiger partial charge in [-0.2, -0.15) is 0 Å². The van der Waals surface area contributed by atoms with Gasteiger partial charge in [0.25, 0.3) is 0 Å². The van der Waals surface area contributed by atoms with E-state index in [9.17, 15) is 8.42 Å². The van der Waals surface area contributed by atoms with Crippen LogP contribution in [0.4, 0.5) is 0 Å². The van der Waals surface area contributed by atoms with E-state index >= 15 is 0 Å². The van der Waals surface area contributed by atoms with Crippen LogP contribution in [-0.2, 0) is 10.0 Å². The number of nitrogens with one attached hydrogen (secondary N) is 1. The van der Waals surface area contributed by atoms with E-state index in [-0.39, 0.29) is 14.9 Å². The molecule has 1 aliphatic carbocycles. The maximum atomic E-state index is 12.4. The second-order valence-electron chi connectivity index (χ2n) is 5.22. The Labute approximate surface area is 138 Å². The predicted molar refractivity (Wildman–Crippen MR) is 85.9 cm³/mol. The third kappa shape index (κ3) is 3.69. The van der Waals surface area contributed by atoms with Gasteiger partial charge in [-0.05, 0) is 30.4 Å². The van der Waals surface area contributed by atoms with Gasteiger partial charge in [0, 0.05) is 11.0 Å². The van der Waals surface area contributed by atoms with Gasteiger partial charge in [-0.1, -0.05) is 58.9 Å². The van der Waals surface area contributed by atoms with Crippen LogP contribution in [0.2, 0.25) is 10.0 Å². The molecule has 2 atom stereocenters. The van der Waals surface area contributed by atoms with E-state index in [2.05, 4.69) is 27.6 Å². The van der Waals surface area contributed by atoms with Crippen LogP contribution in [0.1, 0.15) is 26.2 Å². The zero-order valence-electron chi connectivity index (χ0n) is 11.0. The number of halogens is 3. The van der Waals surface area contributed by atoms with Crippen LogP contribution in [0.5, 0.6) is 0 Å². The maximum absolute atomic E-state index is 12.4. The first-order chi connectivity index (χ1) is 9.31. The van der Waals surface area contributed by atoms with Gasteiger partial charge in [-0.25, -0.2) is 13.1 Å². The Hall–Kier alpha value is 0.190. The van der Waals surface area contributed by atoms with Crippen LogP contribution < -0.4 is 4.72 Å². The molecule has 1 aromatic carbocycles. The van der Waals surface area contributed by atoms with E-state index in [1.54, 1.807) is 0 Å². The normalized spacial score (nSPS) is 23.2. The molecule has 2 rings (SSSR count). The van der Waals surface area contributed by atoms with Gasteiger partial charge < -0.3 is 0 Å². The molecule has 0 bridgehead atoms. The van der Waals surface area contributed by atoms with E-state index in [1.807, 2.05) is 0 Å². The number of hydrogen-bond acceptors (Lipinski definition) is 2. The van der Waals surface area contributed by atoms with Gasteiger partial charge in [0.1, 0.15) is 4.90 Å². The predicted octanol–water partition coefficient (Wildman–Crippen LogP) is 4.47. The van der Waals surface area contributed by atoms with Crippen LogP contribution in [0.15, 0.2) is 21.5 Å². The zero-order valence-corrected chi connectivity index (χ0v) is 14.9. The molecule has 0 amide bonds. The molecule has 0 aromatic heterocycles. The Morgan fingerprint density at radius 3 is 2.40 bits per heavy atom. The lowest BCUT2D eigenvalue weighted by Crippen LogP contribution is -2.30. The van der Waals surface area contributed by atoms with Crippen molar-refractivity contribution in [2.45, 2.75) is 31.1 Å². The summed E-state index contributed by atoms with van der Waals surface area (Å²) in [6.45, 7) is 2.60. The molecule has 1 N–H and O–H groups in total. The number of rotatable bonds is 4. The van der Waals surface area contributed by atoms with E-state index < -0.39 is 10.0 Å². The van der Waals surface area contributed by atoms with Crippen molar-refractivity contribution in [2.24, 2.45) is 11.8 Å². The Morgan fingerprint density at radius 1 is 1.30 bits per heavy atom. The van der Waals surface area contributed by atoms with Gasteiger partial charge in [-0.15, -0.1) is 0 Å². The summed E-state index contributed by atoms with van der Waals surface area (Å²) in [4.78, 5) is -0.0466. The number of benzene rings is 1. The maximum Gasteiger partial charge on any atom is 0.243 e. The molecule has 0 heterocycles. The highest BCUT2D eigenvalue weighted by molar-refractivity contribution is 9.10. The van der Waals surface area contributed by atoms with Crippen molar-refractivity contribution in [2.75, 3.05) is 6.54 Å². The summed E-state index contributed by atoms with van der Waals surface area (Å²) in [6, 6.07) is 3.06. The van der Waals surface area contributed by atoms with Crippen molar-refractivity contribution in [3.8, 4) is 0 Å². The third-order valence-electron chi connectivity index (χ3n) is 3.81. The molecule has 7 heteroatoms. The topological polar surface area (TPSA) is 46.2 Å². The van der Waals surface area contributed by atoms with Crippen molar-refractivity contribution in [3.05, 3.63) is 26.7 Å². The highest BCUT2D eigenvalue weighted by Crippen LogP contribution is 2.34. The highest BCUT2D eigenvalue weighted by atomic mass is 79.9. The lowest BCUT2D eigenvalue weighted by atomic mass is 9.99. The summed E-state index contributed by atoms with van der Waals surface area (Å²) in [7, 11) is -3.68. The lowest BCUT2D eigenvalue weighted by molar-refractivity contribution is 0.414. The van der Waals surface area contributed by atoms with Gasteiger partial charge >= 0.3 is 0 Å². The van der Waals surface area contributed by atoms with E-state index in [1.165, 1.54) is 12.1 Å². The van der Waals surface area contributed by atoms with Gasteiger partial charge in [0.05, 0.1) is 10.0 Å². The molecule has 0 saturated heterocycles. The summed E-state index contributed by atoms with van der Waals surface area (Å²) in [6.07, 6.45) is 3.38. The fourth-order valence-corrected chi connectivity index (χ4v) is 5.63. The van der Waals surface area contributed by atoms with Crippen molar-refractivity contribution in [1.29, 1.82) is 0 Å². The molecule has 2 unspecified atom stereocenters. The van der Waals surface area contributed by atoms with Crippen LogP contribution in [0.3, 0.4) is 0 Å². The summed E-state index contributed by atoms with van der Waals surface area (Å²) in [5.74, 6) is 0.936. The molecule has 0 spiro atoms. The first kappa shape index (κ1) is 16.6. The lowest BCUT2D eigenvalue weighted by Gasteiger charge is -2.17. The van der Waals surface area contributed by atoms with Gasteiger partial charge in [0.2, 0.25) is 10.0 Å². The van der Waals surface area contributed by atoms with Crippen LogP contribution in [0.25, 0.3) is 0 Å². The van der Waals surface area contributed by atoms with Gasteiger partial charge in [0.15, 0.2) is 0 Å². The number of hydrogen-bond donors (Lipinski definition) is 1. The molecule has 1 saturated carbocycles. The smallest absolute Gasteiger partial charge is 0.211 e. The summed E-state index contributed by atoms with van der Waals surface area (Å²) in [5.41, 5.74) is 0. The van der Waals surface area contributed by atoms with Crippen molar-refractivity contribution < 1.29 is 8.42 Å². The first-order valence-electron chi connectivity index (χ1n) is 6.45. The Bertz CT molecular complexity index is 583. The highest BCUT2D eigenvalue weighted by Gasteiger charge is 2.27. The molecule has 0 radical (unpaired) electrons. The van der Waals surface area contributed by atoms with Crippen LogP contribution in [0, 0.1) is 11.8 Å². The average molecular weight is 401 g/mol. The molecular formula is C13H16BrCl2NO2S. The average Bonchev–Trinajstić information content (AvgIpc) is 2.70. The molecule has 0 aliphatic heterocycles. The SMILES string of the molecule is CC1CCCC1CNS(=O)(=O)c1c(Cl)cc(Br)cc1Cl. The molecule has 1 aromatic rings. The molecular weight excluding hydrogens is 385 g/mol.